The van der Waals surface area contributed by atoms with Crippen LogP contribution in [0.2, 0.25) is 0 Å². The van der Waals surface area contributed by atoms with Gasteiger partial charge in [0.05, 0.1) is 11.7 Å². The summed E-state index contributed by atoms with van der Waals surface area (Å²) in [7, 11) is 5.32. The van der Waals surface area contributed by atoms with Crippen molar-refractivity contribution >= 4 is 33.3 Å². The molecule has 2 aliphatic heterocycles. The third-order valence-corrected chi connectivity index (χ3v) is 12.1. The largest absolute Gasteiger partial charge is 0.504 e. The molecule has 0 unspecified atom stereocenters. The Labute approximate surface area is 307 Å². The summed E-state index contributed by atoms with van der Waals surface area (Å²) in [5, 5.41) is 49.0. The molecule has 2 heterocycles. The summed E-state index contributed by atoms with van der Waals surface area (Å²) >= 11 is 0. The number of benzene rings is 2. The molecule has 51 heavy (non-hydrogen) atoms. The van der Waals surface area contributed by atoms with Gasteiger partial charge in [0.25, 0.3) is 0 Å². The first-order valence-corrected chi connectivity index (χ1v) is 20.0. The maximum absolute atomic E-state index is 13.0. The van der Waals surface area contributed by atoms with Crippen LogP contribution in [-0.2, 0) is 30.5 Å². The molecule has 8 N–H and O–H groups in total. The fourth-order valence-electron chi connectivity index (χ4n) is 6.62. The Morgan fingerprint density at radius 1 is 1.10 bits per heavy atom. The van der Waals surface area contributed by atoms with Crippen LogP contribution < -0.4 is 30.6 Å². The van der Waals surface area contributed by atoms with Crippen molar-refractivity contribution in [2.45, 2.75) is 77.2 Å². The van der Waals surface area contributed by atoms with Crippen molar-refractivity contribution in [3.63, 3.8) is 0 Å². The normalized spacial score (nSPS) is 24.6. The van der Waals surface area contributed by atoms with Gasteiger partial charge >= 0.3 is 0 Å². The summed E-state index contributed by atoms with van der Waals surface area (Å²) in [4.78, 5) is 17.7. The zero-order valence-corrected chi connectivity index (χ0v) is 31.1. The van der Waals surface area contributed by atoms with Gasteiger partial charge in [-0.3, -0.25) is 15.1 Å². The molecule has 3 aliphatic rings. The molecule has 5 rings (SSSR count). The topological polar surface area (TPSA) is 188 Å². The molecule has 278 valence electrons. The number of aliphatic hydroxyl groups is 3. The van der Waals surface area contributed by atoms with E-state index in [0.29, 0.717) is 66.7 Å². The van der Waals surface area contributed by atoms with Crippen molar-refractivity contribution < 1.29 is 39.4 Å². The summed E-state index contributed by atoms with van der Waals surface area (Å²) in [5.41, 5.74) is 9.88. The van der Waals surface area contributed by atoms with Gasteiger partial charge in [0, 0.05) is 60.4 Å². The number of hydrogen-bond acceptors (Lipinski definition) is 14. The number of carbonyl (C=O) groups excluding carboxylic acids is 1. The van der Waals surface area contributed by atoms with Crippen molar-refractivity contribution in [1.29, 1.82) is 0 Å². The number of aromatic hydroxyl groups is 1. The van der Waals surface area contributed by atoms with Gasteiger partial charge in [-0.1, -0.05) is 59.4 Å². The highest BCUT2D eigenvalue weighted by Gasteiger charge is 2.38. The third kappa shape index (κ3) is 9.97. The Balaban J connectivity index is 1.55. The van der Waals surface area contributed by atoms with Gasteiger partial charge in [0.2, 0.25) is 6.29 Å². The van der Waals surface area contributed by atoms with Gasteiger partial charge in [-0.05, 0) is 61.8 Å². The van der Waals surface area contributed by atoms with E-state index in [-0.39, 0.29) is 61.2 Å². The number of nitrogens with two attached hydrogens (primary N) is 1. The van der Waals surface area contributed by atoms with Crippen LogP contribution in [0.4, 0.5) is 0 Å². The van der Waals surface area contributed by atoms with E-state index < -0.39 is 19.2 Å². The van der Waals surface area contributed by atoms with Gasteiger partial charge in [0.1, 0.15) is 12.5 Å². The number of fused-ring (bicyclic) bond motifs is 5. The number of nitrogens with one attached hydrogen (secondary N) is 2. The lowest BCUT2D eigenvalue weighted by molar-refractivity contribution is -0.121. The molecule has 2 aromatic carbocycles. The summed E-state index contributed by atoms with van der Waals surface area (Å²) in [6.07, 6.45) is 0.0271. The molecule has 0 spiro atoms. The SMILES string of the molecule is CNCOc1c2cc(c3c1O[C@@H](O)[C@@H]([C@@H]1CN=C(N)N[C@@H](C(C)C)CSSC1)C3)CC[C@@H](O)CC(=O)CCc1ccc(O)c(OCO)c1C#CC2. The quantitative estimate of drug-likeness (QED) is 0.125. The Morgan fingerprint density at radius 2 is 1.90 bits per heavy atom. The lowest BCUT2D eigenvalue weighted by atomic mass is 9.81. The first-order valence-electron chi connectivity index (χ1n) is 17.5. The summed E-state index contributed by atoms with van der Waals surface area (Å²) in [6.45, 7) is 4.24. The first kappa shape index (κ1) is 38.9. The number of phenolic OH excluding ortho intramolecular Hbond substituents is 1. The maximum atomic E-state index is 13.0. The number of Topliss-reactive ketones (excluding diaryl/α,β-unsaturated/α-hetero) is 1. The summed E-state index contributed by atoms with van der Waals surface area (Å²) in [6, 6.07) is 5.36. The Bertz CT molecular complexity index is 1630. The molecule has 0 aromatic heterocycles. The minimum Gasteiger partial charge on any atom is -0.504 e. The number of rotatable bonds is 7. The monoisotopic (exact) mass is 742 g/mol. The minimum absolute atomic E-state index is 0.00254. The number of carbonyl (C=O) groups is 1. The minimum atomic E-state index is -1.14. The molecule has 5 atom stereocenters. The molecule has 0 saturated carbocycles. The number of nitrogens with zero attached hydrogens (tertiary/aromatic N) is 1. The van der Waals surface area contributed by atoms with Crippen LogP contribution in [0.15, 0.2) is 23.2 Å². The highest BCUT2D eigenvalue weighted by atomic mass is 33.1. The average molecular weight is 743 g/mol. The van der Waals surface area contributed by atoms with E-state index in [1.807, 2.05) is 6.07 Å². The molecule has 0 saturated heterocycles. The van der Waals surface area contributed by atoms with E-state index in [1.165, 1.54) is 6.07 Å². The van der Waals surface area contributed by atoms with Crippen molar-refractivity contribution in [1.82, 2.24) is 10.6 Å². The standard InChI is InChI=1S/C37H50N4O8S2/c1-21(2)31-18-51-50-17-25(16-40-37(38)41-31)30-15-29-23-8-11-27(44)14-26(43)10-7-22-9-12-32(45)34(48-20-42)28(22)6-4-5-24(13-23)33(47-19-39-3)35(29)49-36(30)46/h9,12-13,21,25,27,30-31,36,39,42,44-46H,5,7-8,10-11,14-20H2,1-3H3,(H3,38,40,41)/t25-,27-,30-,31-,36-/m1/s1. The van der Waals surface area contributed by atoms with E-state index in [2.05, 4.69) is 41.3 Å². The number of aliphatic hydroxyl groups excluding tert-OH is 3. The van der Waals surface area contributed by atoms with Gasteiger partial charge in [-0.15, -0.1) is 0 Å². The molecular formula is C37H50N4O8S2. The second-order valence-electron chi connectivity index (χ2n) is 13.5. The number of aliphatic imine (C=N–C) groups is 1. The molecule has 2 aromatic rings. The lowest BCUT2D eigenvalue weighted by Gasteiger charge is -2.37. The fraction of sp³-hybridized carbons (Fsp3) is 0.568. The molecular weight excluding hydrogens is 693 g/mol. The summed E-state index contributed by atoms with van der Waals surface area (Å²) in [5.74, 6) is 9.02. The predicted octanol–water partition coefficient (Wildman–Crippen LogP) is 2.88. The van der Waals surface area contributed by atoms with Crippen LogP contribution in [0, 0.1) is 29.6 Å². The number of hydrogen-bond donors (Lipinski definition) is 7. The highest BCUT2D eigenvalue weighted by molar-refractivity contribution is 8.76. The van der Waals surface area contributed by atoms with Crippen LogP contribution in [-0.4, -0.2) is 89.2 Å². The highest BCUT2D eigenvalue weighted by Crippen LogP contribution is 2.46. The van der Waals surface area contributed by atoms with Crippen molar-refractivity contribution in [3.05, 3.63) is 46.0 Å². The third-order valence-electron chi connectivity index (χ3n) is 9.57. The number of ether oxygens (including phenoxy) is 3. The van der Waals surface area contributed by atoms with Crippen molar-refractivity contribution in [3.8, 4) is 34.8 Å². The smallest absolute Gasteiger partial charge is 0.201 e. The van der Waals surface area contributed by atoms with Crippen LogP contribution >= 0.6 is 21.6 Å². The van der Waals surface area contributed by atoms with Crippen LogP contribution in [0.25, 0.3) is 0 Å². The van der Waals surface area contributed by atoms with E-state index in [0.717, 1.165) is 28.2 Å². The average Bonchev–Trinajstić information content (AvgIpc) is 3.10. The molecule has 0 amide bonds. The Kier molecular flexibility index (Phi) is 14.1. The fourth-order valence-corrected chi connectivity index (χ4v) is 9.50. The summed E-state index contributed by atoms with van der Waals surface area (Å²) < 4.78 is 18.0. The number of guanidine groups is 1. The molecule has 1 aliphatic carbocycles. The maximum Gasteiger partial charge on any atom is 0.201 e. The van der Waals surface area contributed by atoms with E-state index in [1.54, 1.807) is 34.7 Å². The van der Waals surface area contributed by atoms with Crippen LogP contribution in [0.3, 0.4) is 0 Å². The zero-order valence-electron chi connectivity index (χ0n) is 29.4. The first-order chi connectivity index (χ1) is 24.6. The van der Waals surface area contributed by atoms with Crippen LogP contribution in [0.5, 0.6) is 23.0 Å². The lowest BCUT2D eigenvalue weighted by Crippen LogP contribution is -2.45. The van der Waals surface area contributed by atoms with Gasteiger partial charge in [-0.2, -0.15) is 0 Å². The number of aryl methyl sites for hydroxylation is 2. The predicted molar refractivity (Wildman–Crippen MR) is 200 cm³/mol. The number of ketones is 1. The molecule has 14 heteroatoms. The zero-order chi connectivity index (χ0) is 36.5. The Hall–Kier alpha value is -3.32. The second kappa shape index (κ2) is 18.4. The second-order valence-corrected chi connectivity index (χ2v) is 16.1. The van der Waals surface area contributed by atoms with Gasteiger partial charge in [0.15, 0.2) is 35.8 Å². The van der Waals surface area contributed by atoms with Crippen molar-refractivity contribution in [2.75, 3.05) is 38.6 Å². The van der Waals surface area contributed by atoms with Gasteiger partial charge < -0.3 is 45.7 Å². The molecule has 0 fully saturated rings. The molecule has 2 bridgehead atoms. The molecule has 0 radical (unpaired) electrons. The number of phenols is 1. The Morgan fingerprint density at radius 3 is 2.67 bits per heavy atom. The van der Waals surface area contributed by atoms with Crippen LogP contribution in [0.1, 0.15) is 60.9 Å². The van der Waals surface area contributed by atoms with E-state index in [9.17, 15) is 25.2 Å². The molecule has 12 nitrogen and oxygen atoms in total. The van der Waals surface area contributed by atoms with E-state index in [4.69, 9.17) is 19.9 Å². The van der Waals surface area contributed by atoms with Gasteiger partial charge in [-0.25, -0.2) is 0 Å². The van der Waals surface area contributed by atoms with Crippen molar-refractivity contribution in [2.24, 2.45) is 28.5 Å². The van der Waals surface area contributed by atoms with E-state index >= 15 is 0 Å².